The number of esters is 1. The zero-order valence-corrected chi connectivity index (χ0v) is 20.9. The lowest BCUT2D eigenvalue weighted by Gasteiger charge is -2.28. The van der Waals surface area contributed by atoms with E-state index in [1.54, 1.807) is 51.2 Å². The van der Waals surface area contributed by atoms with Crippen LogP contribution in [-0.2, 0) is 18.8 Å². The molecule has 1 aromatic carbocycles. The fourth-order valence-electron chi connectivity index (χ4n) is 2.35. The van der Waals surface area contributed by atoms with E-state index in [1.807, 2.05) is 0 Å². The van der Waals surface area contributed by atoms with Crippen molar-refractivity contribution in [1.82, 2.24) is 15.1 Å². The number of rotatable bonds is 11. The molecule has 0 spiro atoms. The predicted octanol–water partition coefficient (Wildman–Crippen LogP) is 3.43. The van der Waals surface area contributed by atoms with Gasteiger partial charge in [-0.05, 0) is 38.3 Å². The molecule has 182 valence electrons. The number of oxime groups is 1. The van der Waals surface area contributed by atoms with E-state index in [1.165, 1.54) is 11.8 Å². The normalized spacial score (nSPS) is 15.1. The highest BCUT2D eigenvalue weighted by Gasteiger charge is 2.33. The average molecular weight is 473 g/mol. The fourth-order valence-corrected chi connectivity index (χ4v) is 4.03. The highest BCUT2D eigenvalue weighted by Crippen LogP contribution is 2.39. The van der Waals surface area contributed by atoms with Gasteiger partial charge < -0.3 is 24.1 Å². The van der Waals surface area contributed by atoms with Crippen LogP contribution in [0.15, 0.2) is 35.5 Å². The second-order valence-corrected chi connectivity index (χ2v) is 10.6. The number of hydrogen-bond acceptors (Lipinski definition) is 7. The molecule has 11 heteroatoms. The lowest BCUT2D eigenvalue weighted by atomic mass is 9.99. The molecule has 3 N–H and O–H groups in total. The van der Waals surface area contributed by atoms with Crippen LogP contribution in [-0.4, -0.2) is 61.0 Å². The highest BCUT2D eigenvalue weighted by molar-refractivity contribution is 7.56. The van der Waals surface area contributed by atoms with E-state index in [-0.39, 0.29) is 17.5 Å². The van der Waals surface area contributed by atoms with Gasteiger partial charge in [-0.1, -0.05) is 44.1 Å². The zero-order valence-electron chi connectivity index (χ0n) is 20.0. The monoisotopic (exact) mass is 472 g/mol. The molecule has 10 nitrogen and oxygen atoms in total. The van der Waals surface area contributed by atoms with Crippen LogP contribution in [0.2, 0.25) is 0 Å². The zero-order chi connectivity index (χ0) is 24.4. The summed E-state index contributed by atoms with van der Waals surface area (Å²) in [7, 11) is -2.32. The lowest BCUT2D eigenvalue weighted by Crippen LogP contribution is -2.45. The summed E-state index contributed by atoms with van der Waals surface area (Å²) < 4.78 is 30.1. The largest absolute Gasteiger partial charge is 0.462 e. The van der Waals surface area contributed by atoms with E-state index >= 15 is 0 Å². The first-order valence-corrected chi connectivity index (χ1v) is 12.1. The maximum Gasteiger partial charge on any atom is 0.420 e. The molecule has 2 atom stereocenters. The molecule has 0 bridgehead atoms. The predicted molar refractivity (Wildman–Crippen MR) is 124 cm³/mol. The molecular formula is C21H37N4O6P. The molecule has 0 aliphatic heterocycles. The van der Waals surface area contributed by atoms with Gasteiger partial charge in [0.2, 0.25) is 5.96 Å². The van der Waals surface area contributed by atoms with Crippen molar-refractivity contribution in [1.29, 1.82) is 0 Å². The van der Waals surface area contributed by atoms with Crippen molar-refractivity contribution in [3.63, 3.8) is 0 Å². The van der Waals surface area contributed by atoms with E-state index < -0.39 is 19.7 Å². The first-order valence-electron chi connectivity index (χ1n) is 10.5. The van der Waals surface area contributed by atoms with Crippen molar-refractivity contribution in [2.45, 2.75) is 53.7 Å². The third kappa shape index (κ3) is 10.8. The Balaban J connectivity index is 2.92. The SMILES string of the molecule is CC(C)OC(=O)C(C)NP(=O)(N/C(=N/O)N(C)CCOCC(C)(C)C)Oc1ccccc1. The molecule has 0 saturated carbocycles. The quantitative estimate of drug-likeness (QED) is 0.0846. The number of para-hydroxylation sites is 1. The van der Waals surface area contributed by atoms with Crippen molar-refractivity contribution >= 4 is 19.6 Å². The van der Waals surface area contributed by atoms with Crippen molar-refractivity contribution < 1.29 is 28.6 Å². The van der Waals surface area contributed by atoms with Crippen LogP contribution >= 0.6 is 7.67 Å². The molecule has 0 aliphatic rings. The van der Waals surface area contributed by atoms with Gasteiger partial charge >= 0.3 is 13.6 Å². The first-order chi connectivity index (χ1) is 14.8. The van der Waals surface area contributed by atoms with Gasteiger partial charge in [-0.15, -0.1) is 0 Å². The topological polar surface area (TPSA) is 122 Å². The van der Waals surface area contributed by atoms with Crippen molar-refractivity contribution in [3.8, 4) is 5.75 Å². The van der Waals surface area contributed by atoms with Gasteiger partial charge in [-0.3, -0.25) is 9.88 Å². The van der Waals surface area contributed by atoms with E-state index in [0.29, 0.717) is 25.5 Å². The number of hydrogen-bond donors (Lipinski definition) is 3. The number of nitrogens with one attached hydrogen (secondary N) is 2. The molecule has 0 aliphatic carbocycles. The van der Waals surface area contributed by atoms with Gasteiger partial charge in [0.15, 0.2) is 0 Å². The minimum Gasteiger partial charge on any atom is -0.462 e. The number of carbonyl (C=O) groups excluding carboxylic acids is 1. The van der Waals surface area contributed by atoms with Gasteiger partial charge in [0.05, 0.1) is 19.3 Å². The average Bonchev–Trinajstić information content (AvgIpc) is 2.68. The summed E-state index contributed by atoms with van der Waals surface area (Å²) in [6.45, 7) is 12.4. The molecule has 0 fully saturated rings. The van der Waals surface area contributed by atoms with Crippen LogP contribution < -0.4 is 14.7 Å². The number of benzene rings is 1. The number of likely N-dealkylation sites (N-methyl/N-ethyl adjacent to an activating group) is 1. The summed E-state index contributed by atoms with van der Waals surface area (Å²) in [6, 6.07) is 7.50. The smallest absolute Gasteiger partial charge is 0.420 e. The van der Waals surface area contributed by atoms with Gasteiger partial charge in [-0.25, -0.2) is 9.65 Å². The molecular weight excluding hydrogens is 435 g/mol. The molecule has 0 heterocycles. The Bertz CT molecular complexity index is 782. The Morgan fingerprint density at radius 2 is 1.84 bits per heavy atom. The van der Waals surface area contributed by atoms with Gasteiger partial charge in [0, 0.05) is 13.6 Å². The Morgan fingerprint density at radius 1 is 1.22 bits per heavy atom. The van der Waals surface area contributed by atoms with E-state index in [0.717, 1.165) is 0 Å². The lowest BCUT2D eigenvalue weighted by molar-refractivity contribution is -0.149. The molecule has 2 unspecified atom stereocenters. The minimum absolute atomic E-state index is 0.0224. The van der Waals surface area contributed by atoms with Crippen LogP contribution in [0.5, 0.6) is 5.75 Å². The summed E-state index contributed by atoms with van der Waals surface area (Å²) in [5.41, 5.74) is 0.0224. The van der Waals surface area contributed by atoms with Crippen molar-refractivity contribution in [3.05, 3.63) is 30.3 Å². The van der Waals surface area contributed by atoms with Crippen LogP contribution in [0.4, 0.5) is 0 Å². The maximum atomic E-state index is 13.6. The minimum atomic E-state index is -3.96. The van der Waals surface area contributed by atoms with Gasteiger partial charge in [0.1, 0.15) is 11.8 Å². The number of nitrogens with zero attached hydrogens (tertiary/aromatic N) is 2. The molecule has 0 amide bonds. The van der Waals surface area contributed by atoms with Crippen molar-refractivity contribution in [2.24, 2.45) is 10.6 Å². The second-order valence-electron chi connectivity index (χ2n) is 8.86. The van der Waals surface area contributed by atoms with E-state index in [2.05, 4.69) is 36.1 Å². The summed E-state index contributed by atoms with van der Waals surface area (Å²) >= 11 is 0. The molecule has 1 rings (SSSR count). The second kappa shape index (κ2) is 12.7. The Hall–Kier alpha value is -2.29. The summed E-state index contributed by atoms with van der Waals surface area (Å²) in [5, 5.41) is 18.0. The van der Waals surface area contributed by atoms with Crippen molar-refractivity contribution in [2.75, 3.05) is 26.8 Å². The first kappa shape index (κ1) is 27.7. The highest BCUT2D eigenvalue weighted by atomic mass is 31.2. The number of ether oxygens (including phenoxy) is 2. The Kier molecular flexibility index (Phi) is 11.0. The fraction of sp³-hybridized carbons (Fsp3) is 0.619. The van der Waals surface area contributed by atoms with E-state index in [9.17, 15) is 14.6 Å². The van der Waals surface area contributed by atoms with Gasteiger partial charge in [-0.2, -0.15) is 0 Å². The Morgan fingerprint density at radius 3 is 2.38 bits per heavy atom. The summed E-state index contributed by atoms with van der Waals surface area (Å²) in [4.78, 5) is 13.8. The maximum absolute atomic E-state index is 13.6. The molecule has 0 aromatic heterocycles. The number of carbonyl (C=O) groups is 1. The molecule has 0 radical (unpaired) electrons. The molecule has 1 aromatic rings. The standard InChI is InChI=1S/C21H37N4O6P/c1-16(2)30-19(26)17(3)23-32(28,31-18-11-9-8-10-12-18)24-20(22-27)25(7)13-14-29-15-21(4,5)6/h8-12,16-17,27H,13-15H2,1-7H3,(H2,22,23,24,28). The van der Waals surface area contributed by atoms with Crippen LogP contribution in [0, 0.1) is 5.41 Å². The Labute approximate surface area is 190 Å². The summed E-state index contributed by atoms with van der Waals surface area (Å²) in [5.74, 6) is -0.403. The van der Waals surface area contributed by atoms with Gasteiger partial charge in [0.25, 0.3) is 0 Å². The van der Waals surface area contributed by atoms with Crippen LogP contribution in [0.1, 0.15) is 41.5 Å². The van der Waals surface area contributed by atoms with E-state index in [4.69, 9.17) is 14.0 Å². The number of guanidine groups is 1. The summed E-state index contributed by atoms with van der Waals surface area (Å²) in [6.07, 6.45) is -0.331. The third-order valence-corrected chi connectivity index (χ3v) is 5.55. The van der Waals surface area contributed by atoms with Crippen LogP contribution in [0.3, 0.4) is 0 Å². The third-order valence-electron chi connectivity index (χ3n) is 3.86. The molecule has 0 saturated heterocycles. The van der Waals surface area contributed by atoms with Crippen LogP contribution in [0.25, 0.3) is 0 Å². The molecule has 32 heavy (non-hydrogen) atoms.